The molecular formula is C18H15FN2O2. The number of rotatable bonds is 4. The number of carbonyl (C=O) groups is 1. The van der Waals surface area contributed by atoms with E-state index in [9.17, 15) is 9.18 Å². The number of aromatic nitrogens is 2. The molecule has 1 atom stereocenters. The standard InChI is InChI=1S/C18H15FN2O2/c1-13(14-3-7-16(19)8-4-14)23-18(22)15-5-9-17(10-6-15)21-12-2-11-20-21/h2-13H,1H3. The highest BCUT2D eigenvalue weighted by Gasteiger charge is 2.14. The fourth-order valence-corrected chi connectivity index (χ4v) is 2.20. The highest BCUT2D eigenvalue weighted by atomic mass is 19.1. The second-order valence-corrected chi connectivity index (χ2v) is 5.10. The van der Waals surface area contributed by atoms with Crippen LogP contribution in [-0.2, 0) is 4.74 Å². The molecule has 0 bridgehead atoms. The van der Waals surface area contributed by atoms with Gasteiger partial charge < -0.3 is 4.74 Å². The van der Waals surface area contributed by atoms with Gasteiger partial charge in [-0.25, -0.2) is 13.9 Å². The number of halogens is 1. The normalized spacial score (nSPS) is 11.9. The van der Waals surface area contributed by atoms with Crippen LogP contribution in [0.1, 0.15) is 28.9 Å². The molecule has 0 radical (unpaired) electrons. The number of esters is 1. The molecule has 3 rings (SSSR count). The number of hydrogen-bond acceptors (Lipinski definition) is 3. The van der Waals surface area contributed by atoms with Crippen LogP contribution in [0.2, 0.25) is 0 Å². The Balaban J connectivity index is 1.69. The van der Waals surface area contributed by atoms with E-state index in [1.165, 1.54) is 12.1 Å². The van der Waals surface area contributed by atoms with Gasteiger partial charge in [0.1, 0.15) is 11.9 Å². The first kappa shape index (κ1) is 15.0. The van der Waals surface area contributed by atoms with E-state index in [0.717, 1.165) is 11.3 Å². The van der Waals surface area contributed by atoms with Gasteiger partial charge in [0.25, 0.3) is 0 Å². The summed E-state index contributed by atoms with van der Waals surface area (Å²) in [5.41, 5.74) is 2.06. The monoisotopic (exact) mass is 310 g/mol. The maximum absolute atomic E-state index is 12.9. The van der Waals surface area contributed by atoms with E-state index >= 15 is 0 Å². The molecule has 116 valence electrons. The lowest BCUT2D eigenvalue weighted by molar-refractivity contribution is 0.0338. The van der Waals surface area contributed by atoms with Crippen LogP contribution in [0.3, 0.4) is 0 Å². The largest absolute Gasteiger partial charge is 0.454 e. The molecule has 1 heterocycles. The molecule has 1 aromatic heterocycles. The van der Waals surface area contributed by atoms with E-state index in [-0.39, 0.29) is 5.82 Å². The SMILES string of the molecule is CC(OC(=O)c1ccc(-n2cccn2)cc1)c1ccc(F)cc1. The molecule has 0 saturated heterocycles. The van der Waals surface area contributed by atoms with E-state index in [4.69, 9.17) is 4.74 Å². The summed E-state index contributed by atoms with van der Waals surface area (Å²) in [7, 11) is 0. The maximum Gasteiger partial charge on any atom is 0.338 e. The van der Waals surface area contributed by atoms with Crippen LogP contribution in [-0.4, -0.2) is 15.7 Å². The average molecular weight is 310 g/mol. The van der Waals surface area contributed by atoms with E-state index in [1.807, 2.05) is 12.3 Å². The van der Waals surface area contributed by atoms with E-state index in [0.29, 0.717) is 5.56 Å². The van der Waals surface area contributed by atoms with Crippen LogP contribution in [0.25, 0.3) is 5.69 Å². The van der Waals surface area contributed by atoms with Crippen molar-refractivity contribution < 1.29 is 13.9 Å². The van der Waals surface area contributed by atoms with Crippen molar-refractivity contribution in [1.29, 1.82) is 0 Å². The zero-order valence-corrected chi connectivity index (χ0v) is 12.5. The van der Waals surface area contributed by atoms with Gasteiger partial charge in [0.2, 0.25) is 0 Å². The van der Waals surface area contributed by atoms with Gasteiger partial charge in [0.05, 0.1) is 11.3 Å². The molecule has 2 aromatic carbocycles. The number of nitrogens with zero attached hydrogens (tertiary/aromatic N) is 2. The molecule has 0 amide bonds. The lowest BCUT2D eigenvalue weighted by Gasteiger charge is -2.14. The van der Waals surface area contributed by atoms with E-state index in [1.54, 1.807) is 54.2 Å². The van der Waals surface area contributed by atoms with Gasteiger partial charge in [0.15, 0.2) is 0 Å². The average Bonchev–Trinajstić information content (AvgIpc) is 3.10. The second-order valence-electron chi connectivity index (χ2n) is 5.10. The summed E-state index contributed by atoms with van der Waals surface area (Å²) >= 11 is 0. The van der Waals surface area contributed by atoms with Crippen molar-refractivity contribution in [2.45, 2.75) is 13.0 Å². The fourth-order valence-electron chi connectivity index (χ4n) is 2.20. The van der Waals surface area contributed by atoms with Crippen LogP contribution in [0.5, 0.6) is 0 Å². The molecule has 0 saturated carbocycles. The smallest absolute Gasteiger partial charge is 0.338 e. The Morgan fingerprint density at radius 1 is 1.13 bits per heavy atom. The Kier molecular flexibility index (Phi) is 4.19. The lowest BCUT2D eigenvalue weighted by Crippen LogP contribution is -2.09. The summed E-state index contributed by atoms with van der Waals surface area (Å²) in [5, 5.41) is 4.13. The number of hydrogen-bond donors (Lipinski definition) is 0. The minimum atomic E-state index is -0.450. The third kappa shape index (κ3) is 3.45. The number of benzene rings is 2. The molecule has 5 heteroatoms. The summed E-state index contributed by atoms with van der Waals surface area (Å²) < 4.78 is 20.0. The molecule has 0 fully saturated rings. The highest BCUT2D eigenvalue weighted by Crippen LogP contribution is 2.19. The highest BCUT2D eigenvalue weighted by molar-refractivity contribution is 5.89. The van der Waals surface area contributed by atoms with Gasteiger partial charge in [-0.3, -0.25) is 0 Å². The molecule has 0 aliphatic rings. The molecule has 4 nitrogen and oxygen atoms in total. The second kappa shape index (κ2) is 6.44. The number of carbonyl (C=O) groups excluding carboxylic acids is 1. The zero-order valence-electron chi connectivity index (χ0n) is 12.5. The quantitative estimate of drug-likeness (QED) is 0.686. The van der Waals surface area contributed by atoms with Crippen molar-refractivity contribution in [3.05, 3.63) is 83.9 Å². The Labute approximate surface area is 133 Å². The molecule has 0 aliphatic heterocycles. The van der Waals surface area contributed by atoms with Gasteiger partial charge in [-0.1, -0.05) is 12.1 Å². The Bertz CT molecular complexity index is 781. The van der Waals surface area contributed by atoms with Crippen molar-refractivity contribution in [2.75, 3.05) is 0 Å². The summed E-state index contributed by atoms with van der Waals surface area (Å²) in [6, 6.07) is 14.7. The maximum atomic E-state index is 12.9. The van der Waals surface area contributed by atoms with E-state index < -0.39 is 12.1 Å². The Morgan fingerprint density at radius 3 is 2.43 bits per heavy atom. The van der Waals surface area contributed by atoms with Crippen molar-refractivity contribution >= 4 is 5.97 Å². The molecule has 0 aliphatic carbocycles. The van der Waals surface area contributed by atoms with Crippen LogP contribution >= 0.6 is 0 Å². The fraction of sp³-hybridized carbons (Fsp3) is 0.111. The van der Waals surface area contributed by atoms with Gasteiger partial charge in [-0.2, -0.15) is 5.10 Å². The lowest BCUT2D eigenvalue weighted by atomic mass is 10.1. The Hall–Kier alpha value is -2.95. The predicted molar refractivity (Wildman–Crippen MR) is 83.8 cm³/mol. The van der Waals surface area contributed by atoms with Gasteiger partial charge in [-0.15, -0.1) is 0 Å². The molecule has 23 heavy (non-hydrogen) atoms. The summed E-state index contributed by atoms with van der Waals surface area (Å²) in [6.07, 6.45) is 3.06. The zero-order chi connectivity index (χ0) is 16.2. The first-order valence-electron chi connectivity index (χ1n) is 7.20. The van der Waals surface area contributed by atoms with Crippen molar-refractivity contribution in [2.24, 2.45) is 0 Å². The minimum absolute atomic E-state index is 0.318. The topological polar surface area (TPSA) is 44.1 Å². The molecule has 3 aromatic rings. The molecule has 0 N–H and O–H groups in total. The van der Waals surface area contributed by atoms with Crippen LogP contribution < -0.4 is 0 Å². The van der Waals surface area contributed by atoms with Crippen molar-refractivity contribution in [1.82, 2.24) is 9.78 Å². The molecule has 1 unspecified atom stereocenters. The molecular weight excluding hydrogens is 295 g/mol. The van der Waals surface area contributed by atoms with Crippen LogP contribution in [0.15, 0.2) is 67.0 Å². The first-order valence-corrected chi connectivity index (χ1v) is 7.20. The summed E-state index contributed by atoms with van der Waals surface area (Å²) in [6.45, 7) is 1.75. The summed E-state index contributed by atoms with van der Waals surface area (Å²) in [4.78, 5) is 12.2. The minimum Gasteiger partial charge on any atom is -0.454 e. The van der Waals surface area contributed by atoms with Gasteiger partial charge in [0, 0.05) is 12.4 Å². The van der Waals surface area contributed by atoms with Crippen molar-refractivity contribution in [3.63, 3.8) is 0 Å². The summed E-state index contributed by atoms with van der Waals surface area (Å²) in [5.74, 6) is -0.740. The third-order valence-electron chi connectivity index (χ3n) is 3.50. The van der Waals surface area contributed by atoms with Crippen LogP contribution in [0.4, 0.5) is 4.39 Å². The third-order valence-corrected chi connectivity index (χ3v) is 3.50. The molecule has 0 spiro atoms. The van der Waals surface area contributed by atoms with Gasteiger partial charge in [-0.05, 0) is 55.0 Å². The van der Waals surface area contributed by atoms with Crippen LogP contribution in [0, 0.1) is 5.82 Å². The van der Waals surface area contributed by atoms with Crippen molar-refractivity contribution in [3.8, 4) is 5.69 Å². The first-order chi connectivity index (χ1) is 11.1. The van der Waals surface area contributed by atoms with Gasteiger partial charge >= 0.3 is 5.97 Å². The Morgan fingerprint density at radius 2 is 1.83 bits per heavy atom. The van der Waals surface area contributed by atoms with E-state index in [2.05, 4.69) is 5.10 Å². The predicted octanol–water partition coefficient (Wildman–Crippen LogP) is 3.93. The number of ether oxygens (including phenoxy) is 1.